The fraction of sp³-hybridized carbons (Fsp3) is 0.500. The third-order valence-corrected chi connectivity index (χ3v) is 1.92. The number of alkyl halides is 3. The monoisotopic (exact) mass is 267 g/mol. The smallest absolute Gasteiger partial charge is 0.394 e. The Balaban J connectivity index is 3.04. The summed E-state index contributed by atoms with van der Waals surface area (Å²) in [5, 5.41) is 20.0. The van der Waals surface area contributed by atoms with Crippen LogP contribution in [0.5, 0.6) is 0 Å². The molecular weight excluding hydrogens is 255 g/mol. The molecule has 1 heterocycles. The molecule has 0 aliphatic heterocycles. The molecule has 0 spiro atoms. The Morgan fingerprint density at radius 1 is 1.22 bits per heavy atom. The molecule has 10 heteroatoms. The normalized spacial score (nSPS) is 11.7. The Kier molecular flexibility index (Phi) is 4.64. The second-order valence-electron chi connectivity index (χ2n) is 3.31. The second kappa shape index (κ2) is 5.80. The zero-order chi connectivity index (χ0) is 13.8. The summed E-state index contributed by atoms with van der Waals surface area (Å²) < 4.78 is 37.4. The van der Waals surface area contributed by atoms with E-state index in [2.05, 4.69) is 15.3 Å². The molecule has 0 fully saturated rings. The molecule has 0 saturated carbocycles. The zero-order valence-electron chi connectivity index (χ0n) is 9.07. The maximum atomic E-state index is 12.5. The molecule has 18 heavy (non-hydrogen) atoms. The molecule has 0 aliphatic carbocycles. The van der Waals surface area contributed by atoms with E-state index in [0.29, 0.717) is 0 Å². The summed E-state index contributed by atoms with van der Waals surface area (Å²) in [6, 6.07) is 0.291. The lowest BCUT2D eigenvalue weighted by atomic mass is 10.3. The fourth-order valence-electron chi connectivity index (χ4n) is 1.08. The zero-order valence-corrected chi connectivity index (χ0v) is 9.07. The highest BCUT2D eigenvalue weighted by Crippen LogP contribution is 2.28. The largest absolute Gasteiger partial charge is 0.451 e. The number of nitrogens with zero attached hydrogens (tertiary/aromatic N) is 2. The van der Waals surface area contributed by atoms with Crippen LogP contribution in [0.3, 0.4) is 0 Å². The van der Waals surface area contributed by atoms with Crippen molar-refractivity contribution in [1.29, 1.82) is 0 Å². The molecule has 1 aromatic heterocycles. The van der Waals surface area contributed by atoms with Crippen molar-refractivity contribution in [1.82, 2.24) is 9.97 Å². The van der Waals surface area contributed by atoms with E-state index in [1.165, 1.54) is 0 Å². The minimum atomic E-state index is -4.72. The van der Waals surface area contributed by atoms with Gasteiger partial charge in [-0.2, -0.15) is 13.2 Å². The first kappa shape index (κ1) is 14.4. The van der Waals surface area contributed by atoms with E-state index in [1.54, 1.807) is 0 Å². The molecule has 6 N–H and O–H groups in total. The number of aliphatic hydroxyl groups is 2. The van der Waals surface area contributed by atoms with Crippen molar-refractivity contribution in [2.24, 2.45) is 5.84 Å². The number of hydrogen-bond donors (Lipinski definition) is 5. The summed E-state index contributed by atoms with van der Waals surface area (Å²) in [6.45, 7) is -0.930. The van der Waals surface area contributed by atoms with Gasteiger partial charge in [0.15, 0.2) is 0 Å². The maximum Gasteiger partial charge on any atom is 0.451 e. The van der Waals surface area contributed by atoms with Gasteiger partial charge in [0.2, 0.25) is 5.82 Å². The minimum absolute atomic E-state index is 0.210. The predicted molar refractivity (Wildman–Crippen MR) is 56.4 cm³/mol. The summed E-state index contributed by atoms with van der Waals surface area (Å²) in [7, 11) is 0. The Hall–Kier alpha value is -1.65. The summed E-state index contributed by atoms with van der Waals surface area (Å²) >= 11 is 0. The Morgan fingerprint density at radius 3 is 2.22 bits per heavy atom. The van der Waals surface area contributed by atoms with Gasteiger partial charge >= 0.3 is 6.18 Å². The third kappa shape index (κ3) is 3.68. The third-order valence-electron chi connectivity index (χ3n) is 1.92. The van der Waals surface area contributed by atoms with Crippen molar-refractivity contribution < 1.29 is 23.4 Å². The molecule has 0 amide bonds. The molecule has 0 unspecified atom stereocenters. The maximum absolute atomic E-state index is 12.5. The Bertz CT molecular complexity index is 397. The molecule has 0 saturated heterocycles. The van der Waals surface area contributed by atoms with Gasteiger partial charge in [0.25, 0.3) is 0 Å². The van der Waals surface area contributed by atoms with Crippen LogP contribution < -0.4 is 16.6 Å². The summed E-state index contributed by atoms with van der Waals surface area (Å²) in [5.74, 6) is 3.16. The van der Waals surface area contributed by atoms with E-state index in [-0.39, 0.29) is 11.6 Å². The SMILES string of the molecule is NNc1cc(NC(CO)CO)nc(C(F)(F)F)n1. The molecular formula is C8H12F3N5O2. The average Bonchev–Trinajstić information content (AvgIpc) is 2.34. The first-order chi connectivity index (χ1) is 8.40. The first-order valence-corrected chi connectivity index (χ1v) is 4.82. The lowest BCUT2D eigenvalue weighted by molar-refractivity contribution is -0.144. The van der Waals surface area contributed by atoms with E-state index in [1.807, 2.05) is 5.43 Å². The van der Waals surface area contributed by atoms with Gasteiger partial charge in [-0.3, -0.25) is 0 Å². The van der Waals surface area contributed by atoms with Gasteiger partial charge in [-0.15, -0.1) is 0 Å². The molecule has 0 aromatic carbocycles. The second-order valence-corrected chi connectivity index (χ2v) is 3.31. The number of nitrogens with one attached hydrogen (secondary N) is 2. The summed E-state index contributed by atoms with van der Waals surface area (Å²) in [4.78, 5) is 6.37. The van der Waals surface area contributed by atoms with Crippen LogP contribution >= 0.6 is 0 Å². The molecule has 0 radical (unpaired) electrons. The summed E-state index contributed by atoms with van der Waals surface area (Å²) in [6.07, 6.45) is -4.72. The van der Waals surface area contributed by atoms with Crippen LogP contribution in [0.25, 0.3) is 0 Å². The van der Waals surface area contributed by atoms with E-state index in [4.69, 9.17) is 16.1 Å². The van der Waals surface area contributed by atoms with Crippen LogP contribution in [0, 0.1) is 0 Å². The van der Waals surface area contributed by atoms with E-state index in [0.717, 1.165) is 6.07 Å². The number of nitrogens with two attached hydrogens (primary N) is 1. The van der Waals surface area contributed by atoms with Crippen LogP contribution in [0.2, 0.25) is 0 Å². The first-order valence-electron chi connectivity index (χ1n) is 4.82. The number of hydrogen-bond acceptors (Lipinski definition) is 7. The number of aromatic nitrogens is 2. The number of halogens is 3. The van der Waals surface area contributed by atoms with Gasteiger partial charge in [0, 0.05) is 6.07 Å². The van der Waals surface area contributed by atoms with Gasteiger partial charge < -0.3 is 21.0 Å². The van der Waals surface area contributed by atoms with Crippen molar-refractivity contribution in [3.8, 4) is 0 Å². The number of nitrogen functional groups attached to an aromatic ring is 1. The van der Waals surface area contributed by atoms with Crippen LogP contribution in [0.1, 0.15) is 5.82 Å². The lowest BCUT2D eigenvalue weighted by Gasteiger charge is -2.16. The molecule has 1 rings (SSSR count). The van der Waals surface area contributed by atoms with Crippen molar-refractivity contribution in [2.75, 3.05) is 24.0 Å². The highest BCUT2D eigenvalue weighted by Gasteiger charge is 2.35. The van der Waals surface area contributed by atoms with Crippen LogP contribution in [0.15, 0.2) is 6.07 Å². The van der Waals surface area contributed by atoms with Gasteiger partial charge in [0.1, 0.15) is 11.6 Å². The number of rotatable bonds is 5. The molecule has 7 nitrogen and oxygen atoms in total. The Labute approximate surface area is 99.8 Å². The van der Waals surface area contributed by atoms with E-state index in [9.17, 15) is 13.2 Å². The summed E-state index contributed by atoms with van der Waals surface area (Å²) in [5.41, 5.74) is 1.97. The number of aliphatic hydroxyl groups excluding tert-OH is 2. The molecule has 0 bridgehead atoms. The standard InChI is InChI=1S/C8H12F3N5O2/c9-8(10,11)7-14-5(1-6(15-7)16-12)13-4(2-17)3-18/h1,4,17-18H,2-3,12H2,(H2,13,14,15,16). The lowest BCUT2D eigenvalue weighted by Crippen LogP contribution is -2.29. The topological polar surface area (TPSA) is 116 Å². The van der Waals surface area contributed by atoms with Gasteiger partial charge in [0.05, 0.1) is 19.3 Å². The molecule has 0 atom stereocenters. The van der Waals surface area contributed by atoms with E-state index < -0.39 is 31.3 Å². The van der Waals surface area contributed by atoms with Crippen LogP contribution in [-0.2, 0) is 6.18 Å². The molecule has 102 valence electrons. The van der Waals surface area contributed by atoms with Gasteiger partial charge in [-0.1, -0.05) is 0 Å². The molecule has 0 aliphatic rings. The number of anilines is 2. The van der Waals surface area contributed by atoms with Crippen molar-refractivity contribution in [2.45, 2.75) is 12.2 Å². The quantitative estimate of drug-likeness (QED) is 0.362. The van der Waals surface area contributed by atoms with Crippen LogP contribution in [-0.4, -0.2) is 39.4 Å². The fourth-order valence-corrected chi connectivity index (χ4v) is 1.08. The van der Waals surface area contributed by atoms with Crippen molar-refractivity contribution >= 4 is 11.6 Å². The highest BCUT2D eigenvalue weighted by atomic mass is 19.4. The molecule has 1 aromatic rings. The highest BCUT2D eigenvalue weighted by molar-refractivity contribution is 5.47. The predicted octanol–water partition coefficient (Wildman–Crippen LogP) is -0.454. The van der Waals surface area contributed by atoms with Gasteiger partial charge in [-0.25, -0.2) is 15.8 Å². The van der Waals surface area contributed by atoms with Crippen molar-refractivity contribution in [3.05, 3.63) is 11.9 Å². The minimum Gasteiger partial charge on any atom is -0.394 e. The van der Waals surface area contributed by atoms with Crippen LogP contribution in [0.4, 0.5) is 24.8 Å². The van der Waals surface area contributed by atoms with E-state index >= 15 is 0 Å². The Morgan fingerprint density at radius 2 is 1.78 bits per heavy atom. The average molecular weight is 267 g/mol. The van der Waals surface area contributed by atoms with Crippen molar-refractivity contribution in [3.63, 3.8) is 0 Å². The van der Waals surface area contributed by atoms with Gasteiger partial charge in [-0.05, 0) is 0 Å². The number of hydrazine groups is 1.